The maximum atomic E-state index is 12.9. The van der Waals surface area contributed by atoms with Crippen LogP contribution in [0.25, 0.3) is 0 Å². The van der Waals surface area contributed by atoms with Crippen molar-refractivity contribution in [3.63, 3.8) is 0 Å². The summed E-state index contributed by atoms with van der Waals surface area (Å²) in [5.74, 6) is -1.47. The van der Waals surface area contributed by atoms with Crippen LogP contribution in [0.4, 0.5) is 4.39 Å². The molecule has 17 heavy (non-hydrogen) atoms. The van der Waals surface area contributed by atoms with E-state index in [-0.39, 0.29) is 12.1 Å². The molecule has 0 radical (unpaired) electrons. The van der Waals surface area contributed by atoms with Crippen molar-refractivity contribution in [3.8, 4) is 0 Å². The second kappa shape index (κ2) is 5.72. The van der Waals surface area contributed by atoms with Crippen LogP contribution in [0, 0.1) is 5.82 Å². The number of methoxy groups -OCH3 is 1. The third-order valence-corrected chi connectivity index (χ3v) is 2.39. The second-order valence-electron chi connectivity index (χ2n) is 3.46. The molecule has 0 aliphatic carbocycles. The summed E-state index contributed by atoms with van der Waals surface area (Å²) in [6.07, 6.45) is -3.22. The summed E-state index contributed by atoms with van der Waals surface area (Å²) in [5, 5.41) is 19.2. The van der Waals surface area contributed by atoms with Crippen LogP contribution in [-0.2, 0) is 16.1 Å². The molecular formula is C11H14FNO4. The zero-order valence-electron chi connectivity index (χ0n) is 9.26. The summed E-state index contributed by atoms with van der Waals surface area (Å²) < 4.78 is 17.2. The molecule has 0 saturated heterocycles. The van der Waals surface area contributed by atoms with Crippen molar-refractivity contribution in [1.29, 1.82) is 0 Å². The summed E-state index contributed by atoms with van der Waals surface area (Å²) in [5.41, 5.74) is 5.91. The van der Waals surface area contributed by atoms with Crippen LogP contribution >= 0.6 is 0 Å². The molecule has 1 aromatic carbocycles. The van der Waals surface area contributed by atoms with E-state index >= 15 is 0 Å². The van der Waals surface area contributed by atoms with Crippen molar-refractivity contribution in [1.82, 2.24) is 0 Å². The lowest BCUT2D eigenvalue weighted by Crippen LogP contribution is -2.29. The molecule has 4 N–H and O–H groups in total. The van der Waals surface area contributed by atoms with Crippen molar-refractivity contribution in [3.05, 3.63) is 35.1 Å². The van der Waals surface area contributed by atoms with E-state index in [9.17, 15) is 19.4 Å². The molecular weight excluding hydrogens is 229 g/mol. The largest absolute Gasteiger partial charge is 0.467 e. The van der Waals surface area contributed by atoms with Crippen molar-refractivity contribution < 1.29 is 24.1 Å². The van der Waals surface area contributed by atoms with Gasteiger partial charge in [0.25, 0.3) is 0 Å². The summed E-state index contributed by atoms with van der Waals surface area (Å²) in [7, 11) is 1.09. The van der Waals surface area contributed by atoms with E-state index in [1.165, 1.54) is 6.07 Å². The Balaban J connectivity index is 3.03. The summed E-state index contributed by atoms with van der Waals surface area (Å²) in [6.45, 7) is -0.0158. The minimum atomic E-state index is -1.73. The maximum absolute atomic E-state index is 12.9. The Morgan fingerprint density at radius 3 is 2.71 bits per heavy atom. The van der Waals surface area contributed by atoms with Gasteiger partial charge in [-0.2, -0.15) is 0 Å². The van der Waals surface area contributed by atoms with Crippen LogP contribution < -0.4 is 5.73 Å². The topological polar surface area (TPSA) is 92.8 Å². The van der Waals surface area contributed by atoms with Crippen molar-refractivity contribution >= 4 is 5.97 Å². The smallest absolute Gasteiger partial charge is 0.337 e. The number of halogens is 1. The average molecular weight is 243 g/mol. The Morgan fingerprint density at radius 2 is 2.18 bits per heavy atom. The minimum Gasteiger partial charge on any atom is -0.467 e. The number of aliphatic hydroxyl groups is 2. The van der Waals surface area contributed by atoms with Crippen LogP contribution in [0.2, 0.25) is 0 Å². The average Bonchev–Trinajstić information content (AvgIpc) is 2.35. The first kappa shape index (κ1) is 13.6. The van der Waals surface area contributed by atoms with E-state index < -0.39 is 24.0 Å². The first-order chi connectivity index (χ1) is 8.01. The van der Waals surface area contributed by atoms with Gasteiger partial charge in [-0.3, -0.25) is 0 Å². The highest BCUT2D eigenvalue weighted by Crippen LogP contribution is 2.22. The van der Waals surface area contributed by atoms with Gasteiger partial charge in [0.05, 0.1) is 7.11 Å². The molecule has 0 saturated carbocycles. The summed E-state index contributed by atoms with van der Waals surface area (Å²) >= 11 is 0. The molecule has 94 valence electrons. The van der Waals surface area contributed by atoms with Crippen LogP contribution in [0.15, 0.2) is 18.2 Å². The lowest BCUT2D eigenvalue weighted by atomic mass is 9.98. The first-order valence-corrected chi connectivity index (χ1v) is 4.93. The number of nitrogens with two attached hydrogens (primary N) is 1. The number of ether oxygens (including phenoxy) is 1. The standard InChI is InChI=1S/C11H14FNO4/c1-17-11(16)10(15)9(14)8-3-2-7(12)4-6(8)5-13/h2-4,9-10,14-15H,5,13H2,1H3. The molecule has 2 atom stereocenters. The monoisotopic (exact) mass is 243 g/mol. The van der Waals surface area contributed by atoms with Gasteiger partial charge in [0, 0.05) is 6.54 Å². The molecule has 0 amide bonds. The van der Waals surface area contributed by atoms with E-state index in [4.69, 9.17) is 5.73 Å². The molecule has 2 unspecified atom stereocenters. The lowest BCUT2D eigenvalue weighted by molar-refractivity contribution is -0.156. The highest BCUT2D eigenvalue weighted by atomic mass is 19.1. The molecule has 5 nitrogen and oxygen atoms in total. The molecule has 0 aromatic heterocycles. The highest BCUT2D eigenvalue weighted by Gasteiger charge is 2.27. The number of rotatable bonds is 4. The Morgan fingerprint density at radius 1 is 1.53 bits per heavy atom. The van der Waals surface area contributed by atoms with E-state index in [1.54, 1.807) is 0 Å². The Labute approximate surface area is 97.6 Å². The molecule has 1 rings (SSSR count). The van der Waals surface area contributed by atoms with Gasteiger partial charge in [-0.15, -0.1) is 0 Å². The number of carbonyl (C=O) groups excluding carboxylic acids is 1. The van der Waals surface area contributed by atoms with E-state index in [2.05, 4.69) is 4.74 Å². The molecule has 0 fully saturated rings. The lowest BCUT2D eigenvalue weighted by Gasteiger charge is -2.18. The van der Waals surface area contributed by atoms with Gasteiger partial charge in [-0.1, -0.05) is 6.07 Å². The number of benzene rings is 1. The van der Waals surface area contributed by atoms with Crippen LogP contribution in [0.3, 0.4) is 0 Å². The maximum Gasteiger partial charge on any atom is 0.337 e. The predicted molar refractivity (Wildman–Crippen MR) is 57.3 cm³/mol. The highest BCUT2D eigenvalue weighted by molar-refractivity contribution is 5.75. The Bertz CT molecular complexity index is 410. The van der Waals surface area contributed by atoms with Gasteiger partial charge in [-0.25, -0.2) is 9.18 Å². The van der Waals surface area contributed by atoms with Crippen LogP contribution in [0.1, 0.15) is 17.2 Å². The predicted octanol–water partition coefficient (Wildman–Crippen LogP) is -0.148. The number of esters is 1. The van der Waals surface area contributed by atoms with Gasteiger partial charge in [0.1, 0.15) is 11.9 Å². The van der Waals surface area contributed by atoms with E-state index in [0.29, 0.717) is 5.56 Å². The molecule has 0 aliphatic rings. The SMILES string of the molecule is COC(=O)C(O)C(O)c1ccc(F)cc1CN. The van der Waals surface area contributed by atoms with E-state index in [0.717, 1.165) is 19.2 Å². The fourth-order valence-electron chi connectivity index (χ4n) is 1.46. The normalized spacial score (nSPS) is 14.2. The number of hydrogen-bond acceptors (Lipinski definition) is 5. The fourth-order valence-corrected chi connectivity index (χ4v) is 1.46. The van der Waals surface area contributed by atoms with E-state index in [1.807, 2.05) is 0 Å². The quantitative estimate of drug-likeness (QED) is 0.640. The molecule has 0 bridgehead atoms. The van der Waals surface area contributed by atoms with Crippen molar-refractivity contribution in [2.24, 2.45) is 5.73 Å². The molecule has 1 aromatic rings. The number of aliphatic hydroxyl groups excluding tert-OH is 2. The van der Waals surface area contributed by atoms with Gasteiger partial charge < -0.3 is 20.7 Å². The molecule has 0 heterocycles. The van der Waals surface area contributed by atoms with Crippen molar-refractivity contribution in [2.75, 3.05) is 7.11 Å². The van der Waals surface area contributed by atoms with Gasteiger partial charge in [0.15, 0.2) is 6.10 Å². The second-order valence-corrected chi connectivity index (χ2v) is 3.46. The summed E-state index contributed by atoms with van der Waals surface area (Å²) in [6, 6.07) is 3.53. The number of hydrogen-bond donors (Lipinski definition) is 3. The zero-order valence-corrected chi connectivity index (χ0v) is 9.26. The van der Waals surface area contributed by atoms with Gasteiger partial charge >= 0.3 is 5.97 Å². The molecule has 0 aliphatic heterocycles. The van der Waals surface area contributed by atoms with Crippen molar-refractivity contribution in [2.45, 2.75) is 18.8 Å². The van der Waals surface area contributed by atoms with Gasteiger partial charge in [0.2, 0.25) is 0 Å². The molecule has 0 spiro atoms. The Hall–Kier alpha value is -1.50. The third-order valence-electron chi connectivity index (χ3n) is 2.39. The van der Waals surface area contributed by atoms with Crippen LogP contribution in [0.5, 0.6) is 0 Å². The molecule has 6 heteroatoms. The van der Waals surface area contributed by atoms with Gasteiger partial charge in [-0.05, 0) is 23.3 Å². The first-order valence-electron chi connectivity index (χ1n) is 4.93. The summed E-state index contributed by atoms with van der Waals surface area (Å²) in [4.78, 5) is 11.1. The Kier molecular flexibility index (Phi) is 4.56. The zero-order chi connectivity index (χ0) is 13.0. The number of carbonyl (C=O) groups is 1. The van der Waals surface area contributed by atoms with Crippen LogP contribution in [-0.4, -0.2) is 29.4 Å². The third kappa shape index (κ3) is 3.00. The fraction of sp³-hybridized carbons (Fsp3) is 0.364. The minimum absolute atomic E-state index is 0.0158.